The van der Waals surface area contributed by atoms with E-state index in [1.165, 1.54) is 0 Å². The highest BCUT2D eigenvalue weighted by Gasteiger charge is 2.24. The lowest BCUT2D eigenvalue weighted by atomic mass is 9.88. The Bertz CT molecular complexity index is 635. The Labute approximate surface area is 162 Å². The smallest absolute Gasteiger partial charge is 0.309 e. The number of aromatic amines is 1. The molecule has 0 aliphatic rings. The van der Waals surface area contributed by atoms with Gasteiger partial charge in [0.25, 0.3) is 0 Å². The summed E-state index contributed by atoms with van der Waals surface area (Å²) in [5, 5.41) is 0. The number of hydrogen-bond donors (Lipinski definition) is 1. The largest absolute Gasteiger partial charge is 0.465 e. The van der Waals surface area contributed by atoms with Crippen molar-refractivity contribution < 1.29 is 9.53 Å². The fraction of sp³-hybridized carbons (Fsp3) is 0.737. The molecule has 1 aromatic heterocycles. The molecule has 0 radical (unpaired) electrons. The summed E-state index contributed by atoms with van der Waals surface area (Å²) in [7, 11) is 0. The van der Waals surface area contributed by atoms with Crippen LogP contribution in [0.2, 0.25) is 0 Å². The fourth-order valence-electron chi connectivity index (χ4n) is 2.79. The lowest BCUT2D eigenvalue weighted by Gasteiger charge is -2.21. The Hall–Kier alpha value is -1.01. The second kappa shape index (κ2) is 11.6. The van der Waals surface area contributed by atoms with Crippen LogP contribution in [0.25, 0.3) is 0 Å². The molecule has 1 aromatic rings. The first kappa shape index (κ1) is 22.0. The minimum Gasteiger partial charge on any atom is -0.465 e. The quantitative estimate of drug-likeness (QED) is 0.302. The fourth-order valence-corrected chi connectivity index (χ4v) is 3.27. The van der Waals surface area contributed by atoms with Crippen LogP contribution in [0.3, 0.4) is 0 Å². The number of esters is 1. The Morgan fingerprint density at radius 3 is 2.44 bits per heavy atom. The second-order valence-electron chi connectivity index (χ2n) is 7.37. The Morgan fingerprint density at radius 2 is 1.84 bits per heavy atom. The first-order chi connectivity index (χ1) is 11.8. The zero-order valence-electron chi connectivity index (χ0n) is 15.9. The number of rotatable bonds is 11. The van der Waals surface area contributed by atoms with E-state index >= 15 is 0 Å². The molecule has 0 spiro atoms. The standard InChI is InChI=1S/C19H32N2O2S2/c1-14(2)13-16(15(3)4)18(22)23-12-8-6-5-7-10-21-11-9-17(24)20-19(21)25/h9,11,14-16H,5-8,10,12-13H2,1-4H3,(H,20,24,25). The van der Waals surface area contributed by atoms with E-state index in [0.717, 1.165) is 38.6 Å². The van der Waals surface area contributed by atoms with Crippen molar-refractivity contribution >= 4 is 30.4 Å². The van der Waals surface area contributed by atoms with Gasteiger partial charge in [0.2, 0.25) is 0 Å². The molecule has 1 heterocycles. The van der Waals surface area contributed by atoms with Gasteiger partial charge in [-0.05, 0) is 55.8 Å². The predicted octanol–water partition coefficient (Wildman–Crippen LogP) is 5.70. The van der Waals surface area contributed by atoms with Crippen LogP contribution < -0.4 is 0 Å². The average Bonchev–Trinajstić information content (AvgIpc) is 2.52. The molecule has 1 atom stereocenters. The number of carbonyl (C=O) groups is 1. The molecule has 0 aliphatic heterocycles. The molecular weight excluding hydrogens is 352 g/mol. The maximum Gasteiger partial charge on any atom is 0.309 e. The summed E-state index contributed by atoms with van der Waals surface area (Å²) in [4.78, 5) is 15.2. The first-order valence-electron chi connectivity index (χ1n) is 9.27. The second-order valence-corrected chi connectivity index (χ2v) is 8.19. The average molecular weight is 385 g/mol. The van der Waals surface area contributed by atoms with E-state index in [0.29, 0.717) is 27.9 Å². The van der Waals surface area contributed by atoms with Gasteiger partial charge in [-0.25, -0.2) is 0 Å². The number of ether oxygens (including phenoxy) is 1. The number of nitrogens with zero attached hydrogens (tertiary/aromatic N) is 1. The van der Waals surface area contributed by atoms with Crippen LogP contribution in [-0.4, -0.2) is 22.1 Å². The van der Waals surface area contributed by atoms with Crippen molar-refractivity contribution in [2.75, 3.05) is 6.61 Å². The van der Waals surface area contributed by atoms with E-state index in [1.807, 2.05) is 16.8 Å². The zero-order valence-corrected chi connectivity index (χ0v) is 17.5. The highest BCUT2D eigenvalue weighted by Crippen LogP contribution is 2.21. The molecule has 0 amide bonds. The van der Waals surface area contributed by atoms with Crippen molar-refractivity contribution in [2.45, 2.75) is 66.3 Å². The van der Waals surface area contributed by atoms with Gasteiger partial charge in [0.05, 0.1) is 12.5 Å². The van der Waals surface area contributed by atoms with Crippen molar-refractivity contribution in [1.82, 2.24) is 9.55 Å². The third kappa shape index (κ3) is 8.77. The van der Waals surface area contributed by atoms with Crippen molar-refractivity contribution in [1.29, 1.82) is 0 Å². The maximum atomic E-state index is 12.2. The number of H-pyrrole nitrogens is 1. The normalized spacial score (nSPS) is 12.6. The van der Waals surface area contributed by atoms with Gasteiger partial charge in [0.1, 0.15) is 4.64 Å². The highest BCUT2D eigenvalue weighted by molar-refractivity contribution is 7.72. The van der Waals surface area contributed by atoms with Gasteiger partial charge in [-0.3, -0.25) is 4.79 Å². The third-order valence-electron chi connectivity index (χ3n) is 4.27. The Balaban J connectivity index is 2.20. The summed E-state index contributed by atoms with van der Waals surface area (Å²) >= 11 is 10.3. The van der Waals surface area contributed by atoms with E-state index in [9.17, 15) is 4.79 Å². The van der Waals surface area contributed by atoms with Crippen LogP contribution in [0.1, 0.15) is 59.8 Å². The van der Waals surface area contributed by atoms with E-state index in [2.05, 4.69) is 32.7 Å². The molecule has 142 valence electrons. The molecule has 1 rings (SSSR count). The molecule has 1 unspecified atom stereocenters. The van der Waals surface area contributed by atoms with Crippen molar-refractivity contribution in [3.05, 3.63) is 21.7 Å². The summed E-state index contributed by atoms with van der Waals surface area (Å²) in [6, 6.07) is 1.85. The van der Waals surface area contributed by atoms with Crippen LogP contribution in [-0.2, 0) is 16.1 Å². The molecule has 0 fully saturated rings. The number of aryl methyl sites for hydroxylation is 1. The van der Waals surface area contributed by atoms with Gasteiger partial charge in [-0.2, -0.15) is 0 Å². The van der Waals surface area contributed by atoms with E-state index in [-0.39, 0.29) is 11.9 Å². The molecule has 0 saturated carbocycles. The Kier molecular flexibility index (Phi) is 10.2. The number of hydrogen-bond acceptors (Lipinski definition) is 4. The molecule has 0 aliphatic carbocycles. The summed E-state index contributed by atoms with van der Waals surface area (Å²) in [5.41, 5.74) is 0. The third-order valence-corrected chi connectivity index (χ3v) is 4.84. The van der Waals surface area contributed by atoms with Gasteiger partial charge in [-0.15, -0.1) is 0 Å². The van der Waals surface area contributed by atoms with Gasteiger partial charge in [-0.1, -0.05) is 46.3 Å². The summed E-state index contributed by atoms with van der Waals surface area (Å²) < 4.78 is 8.83. The molecule has 6 heteroatoms. The summed E-state index contributed by atoms with van der Waals surface area (Å²) in [5.74, 6) is 0.830. The van der Waals surface area contributed by atoms with Gasteiger partial charge < -0.3 is 14.3 Å². The zero-order chi connectivity index (χ0) is 18.8. The maximum absolute atomic E-state index is 12.2. The van der Waals surface area contributed by atoms with Gasteiger partial charge in [0.15, 0.2) is 4.77 Å². The molecular formula is C19H32N2O2S2. The van der Waals surface area contributed by atoms with E-state index in [1.54, 1.807) is 0 Å². The van der Waals surface area contributed by atoms with E-state index < -0.39 is 0 Å². The number of carbonyl (C=O) groups excluding carboxylic acids is 1. The molecule has 0 bridgehead atoms. The van der Waals surface area contributed by atoms with Crippen LogP contribution in [0.5, 0.6) is 0 Å². The van der Waals surface area contributed by atoms with Gasteiger partial charge in [0, 0.05) is 12.7 Å². The topological polar surface area (TPSA) is 47.0 Å². The molecule has 0 saturated heterocycles. The summed E-state index contributed by atoms with van der Waals surface area (Å²) in [6.07, 6.45) is 6.95. The lowest BCUT2D eigenvalue weighted by Crippen LogP contribution is -2.24. The van der Waals surface area contributed by atoms with E-state index in [4.69, 9.17) is 29.2 Å². The minimum atomic E-state index is -0.0328. The van der Waals surface area contributed by atoms with Crippen LogP contribution >= 0.6 is 24.4 Å². The molecule has 1 N–H and O–H groups in total. The van der Waals surface area contributed by atoms with Crippen molar-refractivity contribution in [3.63, 3.8) is 0 Å². The molecule has 25 heavy (non-hydrogen) atoms. The van der Waals surface area contributed by atoms with Crippen LogP contribution in [0, 0.1) is 27.2 Å². The van der Waals surface area contributed by atoms with Crippen LogP contribution in [0.15, 0.2) is 12.3 Å². The minimum absolute atomic E-state index is 0.0190. The monoisotopic (exact) mass is 384 g/mol. The molecule has 4 nitrogen and oxygen atoms in total. The number of unbranched alkanes of at least 4 members (excludes halogenated alkanes) is 3. The summed E-state index contributed by atoms with van der Waals surface area (Å²) in [6.45, 7) is 9.89. The van der Waals surface area contributed by atoms with Crippen LogP contribution in [0.4, 0.5) is 0 Å². The van der Waals surface area contributed by atoms with Crippen molar-refractivity contribution in [3.8, 4) is 0 Å². The number of aromatic nitrogens is 2. The first-order valence-corrected chi connectivity index (χ1v) is 10.1. The predicted molar refractivity (Wildman–Crippen MR) is 108 cm³/mol. The SMILES string of the molecule is CC(C)CC(C(=O)OCCCCCCn1ccc(=S)[nH]c1=S)C(C)C. The highest BCUT2D eigenvalue weighted by atomic mass is 32.1. The number of nitrogens with one attached hydrogen (secondary N) is 1. The van der Waals surface area contributed by atoms with Gasteiger partial charge >= 0.3 is 5.97 Å². The Morgan fingerprint density at radius 1 is 1.16 bits per heavy atom. The molecule has 0 aromatic carbocycles. The van der Waals surface area contributed by atoms with Crippen molar-refractivity contribution in [2.24, 2.45) is 17.8 Å². The lowest BCUT2D eigenvalue weighted by molar-refractivity contribution is -0.151.